The number of likely N-dealkylation sites (N-methyl/N-ethyl adjacent to an activating group) is 1. The van der Waals surface area contributed by atoms with Crippen molar-refractivity contribution >= 4 is 5.91 Å². The predicted octanol–water partition coefficient (Wildman–Crippen LogP) is 1.02. The second-order valence-corrected chi connectivity index (χ2v) is 6.71. The Labute approximate surface area is 111 Å². The molecule has 104 valence electrons. The van der Waals surface area contributed by atoms with Crippen molar-refractivity contribution in [2.75, 3.05) is 39.8 Å². The molecule has 0 atom stereocenters. The maximum Gasteiger partial charge on any atom is 0.237 e. The maximum atomic E-state index is 12.1. The number of hydrogen-bond donors (Lipinski definition) is 0. The Morgan fingerprint density at radius 1 is 1.06 bits per heavy atom. The summed E-state index contributed by atoms with van der Waals surface area (Å²) in [6.07, 6.45) is 2.26. The third kappa shape index (κ3) is 3.04. The lowest BCUT2D eigenvalue weighted by Gasteiger charge is -2.45. The Morgan fingerprint density at radius 2 is 1.67 bits per heavy atom. The quantitative estimate of drug-likeness (QED) is 0.698. The standard InChI is InChI=1S/C14H27N3O/c1-14(2,3)16-7-5-12(6-8-16)17-10-9-15(4)11-13(17)18/h12H,5-11H2,1-4H3. The van der Waals surface area contributed by atoms with Crippen LogP contribution in [0.25, 0.3) is 0 Å². The molecule has 0 N–H and O–H groups in total. The van der Waals surface area contributed by atoms with E-state index in [-0.39, 0.29) is 5.54 Å². The first-order chi connectivity index (χ1) is 8.38. The van der Waals surface area contributed by atoms with Gasteiger partial charge in [0.1, 0.15) is 0 Å². The zero-order valence-electron chi connectivity index (χ0n) is 12.3. The van der Waals surface area contributed by atoms with Crippen LogP contribution in [0.1, 0.15) is 33.6 Å². The summed E-state index contributed by atoms with van der Waals surface area (Å²) in [6, 6.07) is 0.477. The summed E-state index contributed by atoms with van der Waals surface area (Å²) < 4.78 is 0. The van der Waals surface area contributed by atoms with E-state index in [4.69, 9.17) is 0 Å². The predicted molar refractivity (Wildman–Crippen MR) is 73.6 cm³/mol. The van der Waals surface area contributed by atoms with Crippen LogP contribution >= 0.6 is 0 Å². The summed E-state index contributed by atoms with van der Waals surface area (Å²) in [5.41, 5.74) is 0.261. The lowest BCUT2D eigenvalue weighted by Crippen LogP contribution is -2.57. The molecule has 2 fully saturated rings. The van der Waals surface area contributed by atoms with Crippen molar-refractivity contribution in [3.63, 3.8) is 0 Å². The Bertz CT molecular complexity index is 303. The summed E-state index contributed by atoms with van der Waals surface area (Å²) in [5.74, 6) is 0.318. The first-order valence-electron chi connectivity index (χ1n) is 7.11. The first kappa shape index (κ1) is 13.8. The van der Waals surface area contributed by atoms with Crippen molar-refractivity contribution in [2.24, 2.45) is 0 Å². The topological polar surface area (TPSA) is 26.8 Å². The highest BCUT2D eigenvalue weighted by Gasteiger charge is 2.33. The minimum Gasteiger partial charge on any atom is -0.337 e. The molecule has 0 aromatic rings. The molecule has 18 heavy (non-hydrogen) atoms. The van der Waals surface area contributed by atoms with Gasteiger partial charge in [0.2, 0.25) is 5.91 Å². The van der Waals surface area contributed by atoms with Crippen molar-refractivity contribution in [3.8, 4) is 0 Å². The van der Waals surface area contributed by atoms with Gasteiger partial charge in [-0.15, -0.1) is 0 Å². The summed E-state index contributed by atoms with van der Waals surface area (Å²) in [7, 11) is 2.03. The van der Waals surface area contributed by atoms with E-state index in [0.717, 1.165) is 39.0 Å². The monoisotopic (exact) mass is 253 g/mol. The number of rotatable bonds is 1. The van der Waals surface area contributed by atoms with E-state index >= 15 is 0 Å². The number of carbonyl (C=O) groups is 1. The van der Waals surface area contributed by atoms with Crippen LogP contribution in [0.15, 0.2) is 0 Å². The van der Waals surface area contributed by atoms with E-state index < -0.39 is 0 Å². The molecule has 2 saturated heterocycles. The molecule has 1 amide bonds. The minimum absolute atomic E-state index is 0.261. The molecular weight excluding hydrogens is 226 g/mol. The molecule has 2 rings (SSSR count). The Hall–Kier alpha value is -0.610. The lowest BCUT2D eigenvalue weighted by molar-refractivity contribution is -0.139. The van der Waals surface area contributed by atoms with Crippen molar-refractivity contribution in [2.45, 2.75) is 45.2 Å². The number of likely N-dealkylation sites (tertiary alicyclic amines) is 1. The van der Waals surface area contributed by atoms with Gasteiger partial charge in [0.15, 0.2) is 0 Å². The molecule has 0 saturated carbocycles. The molecule has 2 aliphatic rings. The highest BCUT2D eigenvalue weighted by atomic mass is 16.2. The third-order valence-electron chi connectivity index (χ3n) is 4.30. The Morgan fingerprint density at radius 3 is 2.17 bits per heavy atom. The normalized spacial score (nSPS) is 25.8. The number of nitrogens with zero attached hydrogens (tertiary/aromatic N) is 3. The number of amides is 1. The summed E-state index contributed by atoms with van der Waals surface area (Å²) >= 11 is 0. The SMILES string of the molecule is CN1CCN(C2CCN(C(C)(C)C)CC2)C(=O)C1. The second-order valence-electron chi connectivity index (χ2n) is 6.71. The molecule has 4 heteroatoms. The number of piperidine rings is 1. The van der Waals surface area contributed by atoms with Crippen LogP contribution in [0.4, 0.5) is 0 Å². The van der Waals surface area contributed by atoms with Crippen LogP contribution < -0.4 is 0 Å². The van der Waals surface area contributed by atoms with Crippen LogP contribution in [0.2, 0.25) is 0 Å². The fraction of sp³-hybridized carbons (Fsp3) is 0.929. The summed E-state index contributed by atoms with van der Waals surface area (Å²) in [6.45, 7) is 11.6. The zero-order valence-corrected chi connectivity index (χ0v) is 12.3. The first-order valence-corrected chi connectivity index (χ1v) is 7.11. The van der Waals surface area contributed by atoms with Crippen LogP contribution in [0.3, 0.4) is 0 Å². The maximum absolute atomic E-state index is 12.1. The molecule has 0 aromatic carbocycles. The molecule has 2 aliphatic heterocycles. The molecule has 4 nitrogen and oxygen atoms in total. The summed E-state index contributed by atoms with van der Waals surface area (Å²) in [4.78, 5) is 18.8. The second kappa shape index (κ2) is 5.17. The van der Waals surface area contributed by atoms with E-state index in [1.54, 1.807) is 0 Å². The van der Waals surface area contributed by atoms with Gasteiger partial charge in [-0.25, -0.2) is 0 Å². The molecule has 0 bridgehead atoms. The molecule has 2 heterocycles. The van der Waals surface area contributed by atoms with Gasteiger partial charge in [0, 0.05) is 37.8 Å². The van der Waals surface area contributed by atoms with E-state index in [1.165, 1.54) is 0 Å². The van der Waals surface area contributed by atoms with Crippen molar-refractivity contribution < 1.29 is 4.79 Å². The average molecular weight is 253 g/mol. The highest BCUT2D eigenvalue weighted by molar-refractivity contribution is 5.79. The van der Waals surface area contributed by atoms with E-state index in [1.807, 2.05) is 7.05 Å². The number of hydrogen-bond acceptors (Lipinski definition) is 3. The Kier molecular flexibility index (Phi) is 3.97. The molecule has 0 unspecified atom stereocenters. The molecule has 0 aromatic heterocycles. The zero-order chi connectivity index (χ0) is 13.3. The lowest BCUT2D eigenvalue weighted by atomic mass is 9.96. The van der Waals surface area contributed by atoms with Crippen molar-refractivity contribution in [1.29, 1.82) is 0 Å². The van der Waals surface area contributed by atoms with E-state index in [0.29, 0.717) is 18.5 Å². The van der Waals surface area contributed by atoms with Gasteiger partial charge >= 0.3 is 0 Å². The number of piperazine rings is 1. The smallest absolute Gasteiger partial charge is 0.237 e. The van der Waals surface area contributed by atoms with Crippen LogP contribution in [-0.2, 0) is 4.79 Å². The van der Waals surface area contributed by atoms with E-state index in [9.17, 15) is 4.79 Å². The molecule has 0 spiro atoms. The fourth-order valence-electron chi connectivity index (χ4n) is 3.04. The molecule has 0 aliphatic carbocycles. The van der Waals surface area contributed by atoms with Gasteiger partial charge in [-0.3, -0.25) is 14.6 Å². The third-order valence-corrected chi connectivity index (χ3v) is 4.30. The molecular formula is C14H27N3O. The van der Waals surface area contributed by atoms with Gasteiger partial charge in [0.25, 0.3) is 0 Å². The minimum atomic E-state index is 0.261. The highest BCUT2D eigenvalue weighted by Crippen LogP contribution is 2.23. The average Bonchev–Trinajstić information content (AvgIpc) is 2.28. The van der Waals surface area contributed by atoms with Crippen molar-refractivity contribution in [3.05, 3.63) is 0 Å². The van der Waals surface area contributed by atoms with Crippen LogP contribution in [-0.4, -0.2) is 72.0 Å². The van der Waals surface area contributed by atoms with Gasteiger partial charge in [-0.05, 0) is 40.7 Å². The van der Waals surface area contributed by atoms with Crippen molar-refractivity contribution in [1.82, 2.24) is 14.7 Å². The van der Waals surface area contributed by atoms with Gasteiger partial charge in [-0.1, -0.05) is 0 Å². The largest absolute Gasteiger partial charge is 0.337 e. The van der Waals surface area contributed by atoms with Crippen LogP contribution in [0, 0.1) is 0 Å². The van der Waals surface area contributed by atoms with E-state index in [2.05, 4.69) is 35.5 Å². The Balaban J connectivity index is 1.88. The van der Waals surface area contributed by atoms with Crippen LogP contribution in [0.5, 0.6) is 0 Å². The number of carbonyl (C=O) groups excluding carboxylic acids is 1. The van der Waals surface area contributed by atoms with Gasteiger partial charge in [0.05, 0.1) is 6.54 Å². The molecule has 0 radical (unpaired) electrons. The van der Waals surface area contributed by atoms with Gasteiger partial charge < -0.3 is 4.90 Å². The van der Waals surface area contributed by atoms with Gasteiger partial charge in [-0.2, -0.15) is 0 Å². The summed E-state index contributed by atoms with van der Waals surface area (Å²) in [5, 5.41) is 0. The fourth-order valence-corrected chi connectivity index (χ4v) is 3.04.